The Balaban J connectivity index is 2.00. The van der Waals surface area contributed by atoms with Gasteiger partial charge in [0, 0.05) is 0 Å². The van der Waals surface area contributed by atoms with Gasteiger partial charge in [-0.3, -0.25) is 4.79 Å². The molecule has 0 spiro atoms. The molecule has 0 aliphatic carbocycles. The van der Waals surface area contributed by atoms with Gasteiger partial charge in [0.15, 0.2) is 0 Å². The van der Waals surface area contributed by atoms with Crippen molar-refractivity contribution in [2.24, 2.45) is 0 Å². The largest absolute Gasteiger partial charge is 0.469 e. The van der Waals surface area contributed by atoms with Crippen molar-refractivity contribution in [1.29, 1.82) is 0 Å². The summed E-state index contributed by atoms with van der Waals surface area (Å²) in [5.74, 6) is 0.662. The van der Waals surface area contributed by atoms with Crippen LogP contribution in [-0.4, -0.2) is 34.6 Å². The molecule has 1 aromatic rings. The van der Waals surface area contributed by atoms with Crippen molar-refractivity contribution < 1.29 is 14.3 Å². The molecule has 0 saturated carbocycles. The fourth-order valence-corrected chi connectivity index (χ4v) is 1.77. The lowest BCUT2D eigenvalue weighted by molar-refractivity contribution is -0.0826. The van der Waals surface area contributed by atoms with E-state index in [1.54, 1.807) is 17.9 Å². The van der Waals surface area contributed by atoms with Gasteiger partial charge in [0.05, 0.1) is 24.3 Å². The Morgan fingerprint density at radius 2 is 2.33 bits per heavy atom. The molecule has 1 aliphatic heterocycles. The summed E-state index contributed by atoms with van der Waals surface area (Å²) in [6.45, 7) is 4.57. The average molecular weight is 209 g/mol. The second-order valence-corrected chi connectivity index (χ2v) is 4.19. The molecule has 1 saturated heterocycles. The van der Waals surface area contributed by atoms with Crippen molar-refractivity contribution in [3.05, 3.63) is 23.7 Å². The summed E-state index contributed by atoms with van der Waals surface area (Å²) in [5, 5.41) is 9.77. The maximum absolute atomic E-state index is 11.8. The number of furan rings is 1. The summed E-state index contributed by atoms with van der Waals surface area (Å²) >= 11 is 0. The van der Waals surface area contributed by atoms with Gasteiger partial charge in [0.2, 0.25) is 0 Å². The zero-order valence-corrected chi connectivity index (χ0v) is 8.99. The van der Waals surface area contributed by atoms with Gasteiger partial charge in [-0.1, -0.05) is 6.92 Å². The number of aryl methyl sites for hydroxylation is 1. The van der Waals surface area contributed by atoms with Gasteiger partial charge >= 0.3 is 0 Å². The summed E-state index contributed by atoms with van der Waals surface area (Å²) in [5.41, 5.74) is -0.111. The maximum Gasteiger partial charge on any atom is 0.257 e. The van der Waals surface area contributed by atoms with Crippen molar-refractivity contribution >= 4 is 5.91 Å². The van der Waals surface area contributed by atoms with Crippen LogP contribution in [0.4, 0.5) is 0 Å². The van der Waals surface area contributed by atoms with Gasteiger partial charge in [-0.2, -0.15) is 0 Å². The molecule has 1 N–H and O–H groups in total. The highest BCUT2D eigenvalue weighted by molar-refractivity contribution is 5.94. The summed E-state index contributed by atoms with van der Waals surface area (Å²) < 4.78 is 5.07. The predicted molar refractivity (Wildman–Crippen MR) is 54.6 cm³/mol. The average Bonchev–Trinajstić information content (AvgIpc) is 2.59. The van der Waals surface area contributed by atoms with Crippen LogP contribution in [0.1, 0.15) is 29.5 Å². The fraction of sp³-hybridized carbons (Fsp3) is 0.545. The van der Waals surface area contributed by atoms with E-state index >= 15 is 0 Å². The van der Waals surface area contributed by atoms with Gasteiger partial charge < -0.3 is 14.4 Å². The third kappa shape index (κ3) is 1.77. The Bertz CT molecular complexity index is 377. The molecule has 0 radical (unpaired) electrons. The van der Waals surface area contributed by atoms with Crippen molar-refractivity contribution in [1.82, 2.24) is 4.90 Å². The van der Waals surface area contributed by atoms with Crippen LogP contribution in [0.25, 0.3) is 0 Å². The number of likely N-dealkylation sites (tertiary alicyclic amines) is 1. The lowest BCUT2D eigenvalue weighted by Crippen LogP contribution is -2.63. The number of amides is 1. The molecule has 15 heavy (non-hydrogen) atoms. The van der Waals surface area contributed by atoms with E-state index in [0.717, 1.165) is 5.76 Å². The Morgan fingerprint density at radius 3 is 2.80 bits per heavy atom. The van der Waals surface area contributed by atoms with E-state index in [0.29, 0.717) is 25.1 Å². The molecule has 0 bridgehead atoms. The minimum atomic E-state index is -0.672. The third-order valence-corrected chi connectivity index (χ3v) is 2.89. The number of nitrogens with zero attached hydrogens (tertiary/aromatic N) is 1. The number of β-amino-alcohol motifs (C(OH)–C–C–N with tert-alkyl or cyclic N) is 1. The Morgan fingerprint density at radius 1 is 1.67 bits per heavy atom. The second-order valence-electron chi connectivity index (χ2n) is 4.19. The summed E-state index contributed by atoms with van der Waals surface area (Å²) in [6.07, 6.45) is 2.14. The van der Waals surface area contributed by atoms with Gasteiger partial charge in [-0.05, 0) is 19.4 Å². The smallest absolute Gasteiger partial charge is 0.257 e. The second kappa shape index (κ2) is 3.38. The number of hydrogen-bond acceptors (Lipinski definition) is 3. The van der Waals surface area contributed by atoms with Crippen molar-refractivity contribution in [3.8, 4) is 0 Å². The minimum Gasteiger partial charge on any atom is -0.469 e. The number of hydrogen-bond donors (Lipinski definition) is 1. The highest BCUT2D eigenvalue weighted by atomic mass is 16.3. The van der Waals surface area contributed by atoms with Gasteiger partial charge in [-0.25, -0.2) is 0 Å². The molecule has 0 aromatic carbocycles. The van der Waals surface area contributed by atoms with Crippen LogP contribution in [0, 0.1) is 6.92 Å². The van der Waals surface area contributed by atoms with Gasteiger partial charge in [0.25, 0.3) is 5.91 Å². The number of carbonyl (C=O) groups is 1. The first-order valence-corrected chi connectivity index (χ1v) is 5.11. The van der Waals surface area contributed by atoms with Crippen LogP contribution in [0.2, 0.25) is 0 Å². The van der Waals surface area contributed by atoms with E-state index in [1.165, 1.54) is 6.26 Å². The summed E-state index contributed by atoms with van der Waals surface area (Å²) in [4.78, 5) is 13.4. The Kier molecular flexibility index (Phi) is 2.31. The highest BCUT2D eigenvalue weighted by Gasteiger charge is 2.42. The number of aliphatic hydroxyl groups is 1. The quantitative estimate of drug-likeness (QED) is 0.795. The fourth-order valence-electron chi connectivity index (χ4n) is 1.77. The normalized spacial score (nSPS) is 18.7. The first-order chi connectivity index (χ1) is 7.04. The Hall–Kier alpha value is -1.29. The zero-order chi connectivity index (χ0) is 11.1. The highest BCUT2D eigenvalue weighted by Crippen LogP contribution is 2.26. The monoisotopic (exact) mass is 209 g/mol. The SMILES string of the molecule is CCC1(O)CN(C(=O)c2coc(C)c2)C1. The van der Waals surface area contributed by atoms with Crippen molar-refractivity contribution in [2.75, 3.05) is 13.1 Å². The standard InChI is InChI=1S/C11H15NO3/c1-3-11(14)6-12(7-11)10(13)9-4-8(2)15-5-9/h4-5,14H,3,6-7H2,1-2H3. The lowest BCUT2D eigenvalue weighted by Gasteiger charge is -2.45. The molecular weight excluding hydrogens is 194 g/mol. The van der Waals surface area contributed by atoms with Crippen LogP contribution >= 0.6 is 0 Å². The van der Waals surface area contributed by atoms with Crippen molar-refractivity contribution in [3.63, 3.8) is 0 Å². The van der Waals surface area contributed by atoms with E-state index < -0.39 is 5.60 Å². The number of carbonyl (C=O) groups excluding carboxylic acids is 1. The van der Waals surface area contributed by atoms with Gasteiger partial charge in [-0.15, -0.1) is 0 Å². The molecule has 1 aliphatic rings. The van der Waals surface area contributed by atoms with Crippen LogP contribution in [0.15, 0.2) is 16.7 Å². The summed E-state index contributed by atoms with van der Waals surface area (Å²) in [7, 11) is 0. The van der Waals surface area contributed by atoms with Crippen LogP contribution < -0.4 is 0 Å². The minimum absolute atomic E-state index is 0.0648. The molecular formula is C11H15NO3. The zero-order valence-electron chi connectivity index (χ0n) is 8.99. The molecule has 1 aromatic heterocycles. The van der Waals surface area contributed by atoms with Gasteiger partial charge in [0.1, 0.15) is 12.0 Å². The Labute approximate surface area is 88.5 Å². The third-order valence-electron chi connectivity index (χ3n) is 2.89. The summed E-state index contributed by atoms with van der Waals surface area (Å²) in [6, 6.07) is 1.71. The molecule has 0 atom stereocenters. The van der Waals surface area contributed by atoms with Crippen molar-refractivity contribution in [2.45, 2.75) is 25.9 Å². The van der Waals surface area contributed by atoms with Crippen LogP contribution in [0.3, 0.4) is 0 Å². The maximum atomic E-state index is 11.8. The topological polar surface area (TPSA) is 53.7 Å². The van der Waals surface area contributed by atoms with E-state index in [9.17, 15) is 9.90 Å². The molecule has 2 heterocycles. The molecule has 0 unspecified atom stereocenters. The first kappa shape index (κ1) is 10.2. The van der Waals surface area contributed by atoms with E-state index in [2.05, 4.69) is 0 Å². The number of rotatable bonds is 2. The molecule has 1 fully saturated rings. The van der Waals surface area contributed by atoms with E-state index in [1.807, 2.05) is 6.92 Å². The molecule has 4 nitrogen and oxygen atoms in total. The van der Waals surface area contributed by atoms with Crippen LogP contribution in [-0.2, 0) is 0 Å². The predicted octanol–water partition coefficient (Wildman–Crippen LogP) is 1.18. The van der Waals surface area contributed by atoms with Crippen LogP contribution in [0.5, 0.6) is 0 Å². The van der Waals surface area contributed by atoms with E-state index in [-0.39, 0.29) is 5.91 Å². The molecule has 82 valence electrons. The molecule has 2 rings (SSSR count). The molecule has 1 amide bonds. The van der Waals surface area contributed by atoms with E-state index in [4.69, 9.17) is 4.42 Å². The lowest BCUT2D eigenvalue weighted by atomic mass is 9.91. The molecule has 4 heteroatoms. The first-order valence-electron chi connectivity index (χ1n) is 5.11.